The van der Waals surface area contributed by atoms with E-state index < -0.39 is 6.10 Å². The zero-order valence-electron chi connectivity index (χ0n) is 24.1. The van der Waals surface area contributed by atoms with E-state index in [1.54, 1.807) is 4.90 Å². The number of nitrogens with one attached hydrogen (secondary N) is 2. The van der Waals surface area contributed by atoms with Crippen LogP contribution >= 0.6 is 0 Å². The van der Waals surface area contributed by atoms with Crippen LogP contribution in [0.2, 0.25) is 0 Å². The van der Waals surface area contributed by atoms with Crippen LogP contribution in [0.1, 0.15) is 75.8 Å². The summed E-state index contributed by atoms with van der Waals surface area (Å²) in [4.78, 5) is 27.2. The lowest BCUT2D eigenvalue weighted by Crippen LogP contribution is -2.49. The average Bonchev–Trinajstić information content (AvgIpc) is 3.44. The standard InChI is InChI=1S/C32H45N3O5/c1-21(2)24-10-14-30(22(3)17-24)40-26-12-8-23(9-13-26)7-11-25(37)18-34-29-6-4-5-28(29)31(33)32(38)35-15-16-39-27(19-35)20-36/h10,14,17,23,26-27,33-34,36H,1,4-9,11-13,15-16,18-20H2,2-3H3/t23?,26?,27-/m0/s1. The summed E-state index contributed by atoms with van der Waals surface area (Å²) in [5.41, 5.74) is 4.89. The number of aliphatic hydroxyl groups excluding tert-OH is 1. The van der Waals surface area contributed by atoms with E-state index in [-0.39, 0.29) is 36.7 Å². The molecule has 1 atom stereocenters. The SMILES string of the molecule is C=C(C)c1ccc(OC2CCC(CCC(=O)CNC3=C(C(=N)C(=O)N4CCO[C@H](CO)C4)CCC3)CC2)c(C)c1. The van der Waals surface area contributed by atoms with Crippen molar-refractivity contribution in [3.63, 3.8) is 0 Å². The van der Waals surface area contributed by atoms with Crippen molar-refractivity contribution in [1.82, 2.24) is 10.2 Å². The van der Waals surface area contributed by atoms with Gasteiger partial charge in [-0.2, -0.15) is 0 Å². The number of morpholine rings is 1. The van der Waals surface area contributed by atoms with Crippen LogP contribution in [0.3, 0.4) is 0 Å². The number of ketones is 1. The van der Waals surface area contributed by atoms with Gasteiger partial charge in [0.1, 0.15) is 11.5 Å². The molecule has 8 heteroatoms. The summed E-state index contributed by atoms with van der Waals surface area (Å²) in [7, 11) is 0. The van der Waals surface area contributed by atoms with Crippen LogP contribution in [-0.2, 0) is 14.3 Å². The van der Waals surface area contributed by atoms with Crippen molar-refractivity contribution in [3.05, 3.63) is 47.2 Å². The Labute approximate surface area is 238 Å². The van der Waals surface area contributed by atoms with E-state index >= 15 is 0 Å². The summed E-state index contributed by atoms with van der Waals surface area (Å²) in [6.07, 6.45) is 7.70. The number of hydrogen-bond donors (Lipinski definition) is 3. The van der Waals surface area contributed by atoms with Gasteiger partial charge in [-0.15, -0.1) is 0 Å². The fraction of sp³-hybridized carbons (Fsp3) is 0.594. The summed E-state index contributed by atoms with van der Waals surface area (Å²) in [5, 5.41) is 21.1. The number of Topliss-reactive ketones (excluding diaryl/α,β-unsaturated/α-hetero) is 1. The molecule has 4 rings (SSSR count). The third kappa shape index (κ3) is 7.82. The molecule has 1 aliphatic heterocycles. The number of amides is 1. The Morgan fingerprint density at radius 1 is 1.23 bits per heavy atom. The second-order valence-corrected chi connectivity index (χ2v) is 11.6. The van der Waals surface area contributed by atoms with Gasteiger partial charge in [-0.25, -0.2) is 0 Å². The van der Waals surface area contributed by atoms with Gasteiger partial charge >= 0.3 is 0 Å². The number of benzene rings is 1. The maximum absolute atomic E-state index is 12.9. The lowest BCUT2D eigenvalue weighted by atomic mass is 9.84. The number of allylic oxidation sites excluding steroid dienone is 2. The molecule has 3 aliphatic rings. The van der Waals surface area contributed by atoms with Gasteiger partial charge in [0.05, 0.1) is 32.0 Å². The van der Waals surface area contributed by atoms with E-state index in [1.807, 2.05) is 6.92 Å². The number of carbonyl (C=O) groups excluding carboxylic acids is 2. The number of aryl methyl sites for hydroxylation is 1. The first-order chi connectivity index (χ1) is 19.2. The number of rotatable bonds is 12. The first kappa shape index (κ1) is 30.0. The van der Waals surface area contributed by atoms with Gasteiger partial charge < -0.3 is 24.8 Å². The fourth-order valence-corrected chi connectivity index (χ4v) is 5.94. The Bertz CT molecular complexity index is 1140. The van der Waals surface area contributed by atoms with Crippen LogP contribution in [0.4, 0.5) is 0 Å². The van der Waals surface area contributed by atoms with Gasteiger partial charge in [-0.1, -0.05) is 18.2 Å². The Morgan fingerprint density at radius 2 is 2.00 bits per heavy atom. The van der Waals surface area contributed by atoms with Gasteiger partial charge in [-0.05, 0) is 94.4 Å². The molecule has 0 unspecified atom stereocenters. The zero-order valence-corrected chi connectivity index (χ0v) is 24.1. The molecule has 2 fully saturated rings. The van der Waals surface area contributed by atoms with Crippen molar-refractivity contribution < 1.29 is 24.2 Å². The molecule has 1 heterocycles. The van der Waals surface area contributed by atoms with Crippen molar-refractivity contribution in [1.29, 1.82) is 5.41 Å². The van der Waals surface area contributed by atoms with Gasteiger partial charge in [0.15, 0.2) is 5.78 Å². The largest absolute Gasteiger partial charge is 0.490 e. The quantitative estimate of drug-likeness (QED) is 0.328. The number of nitrogens with zero attached hydrogens (tertiary/aromatic N) is 1. The van der Waals surface area contributed by atoms with Crippen LogP contribution < -0.4 is 10.1 Å². The summed E-state index contributed by atoms with van der Waals surface area (Å²) in [5.74, 6) is 1.33. The van der Waals surface area contributed by atoms with Crippen LogP contribution in [-0.4, -0.2) is 72.5 Å². The van der Waals surface area contributed by atoms with E-state index in [0.29, 0.717) is 44.0 Å². The maximum atomic E-state index is 12.9. The highest BCUT2D eigenvalue weighted by Crippen LogP contribution is 2.32. The van der Waals surface area contributed by atoms with Crippen molar-refractivity contribution in [3.8, 4) is 5.75 Å². The van der Waals surface area contributed by atoms with Gasteiger partial charge in [-0.3, -0.25) is 15.0 Å². The Hall–Kier alpha value is -2.97. The highest BCUT2D eigenvalue weighted by atomic mass is 16.5. The Morgan fingerprint density at radius 3 is 2.70 bits per heavy atom. The molecule has 1 amide bonds. The number of hydrogen-bond acceptors (Lipinski definition) is 7. The topological polar surface area (TPSA) is 112 Å². The fourth-order valence-electron chi connectivity index (χ4n) is 5.94. The van der Waals surface area contributed by atoms with Crippen LogP contribution in [0.15, 0.2) is 36.0 Å². The van der Waals surface area contributed by atoms with E-state index in [4.69, 9.17) is 14.9 Å². The number of aliphatic hydroxyl groups is 1. The zero-order chi connectivity index (χ0) is 28.6. The van der Waals surface area contributed by atoms with E-state index in [9.17, 15) is 14.7 Å². The lowest BCUT2D eigenvalue weighted by Gasteiger charge is -2.32. The number of carbonyl (C=O) groups is 2. The molecule has 8 nitrogen and oxygen atoms in total. The molecule has 3 N–H and O–H groups in total. The van der Waals surface area contributed by atoms with Crippen LogP contribution in [0, 0.1) is 18.3 Å². The molecule has 0 bridgehead atoms. The summed E-state index contributed by atoms with van der Waals surface area (Å²) in [6, 6.07) is 6.25. The minimum Gasteiger partial charge on any atom is -0.490 e. The monoisotopic (exact) mass is 551 g/mol. The molecule has 218 valence electrons. The predicted octanol–water partition coefficient (Wildman–Crippen LogP) is 4.58. The van der Waals surface area contributed by atoms with Crippen molar-refractivity contribution in [2.75, 3.05) is 32.8 Å². The molecule has 1 saturated carbocycles. The highest BCUT2D eigenvalue weighted by molar-refractivity contribution is 6.44. The van der Waals surface area contributed by atoms with Crippen molar-refractivity contribution >= 4 is 23.0 Å². The Balaban J connectivity index is 1.18. The third-order valence-electron chi connectivity index (χ3n) is 8.45. The molecule has 1 aromatic carbocycles. The molecule has 1 aromatic rings. The summed E-state index contributed by atoms with van der Waals surface area (Å²) >= 11 is 0. The molecule has 0 spiro atoms. The van der Waals surface area contributed by atoms with Gasteiger partial charge in [0, 0.05) is 30.8 Å². The first-order valence-electron chi connectivity index (χ1n) is 14.8. The van der Waals surface area contributed by atoms with E-state index in [0.717, 1.165) is 73.1 Å². The lowest BCUT2D eigenvalue weighted by molar-refractivity contribution is -0.133. The molecule has 0 aromatic heterocycles. The van der Waals surface area contributed by atoms with E-state index in [1.165, 1.54) is 0 Å². The molecule has 2 aliphatic carbocycles. The van der Waals surface area contributed by atoms with Crippen LogP contribution in [0.25, 0.3) is 5.57 Å². The smallest absolute Gasteiger partial charge is 0.272 e. The summed E-state index contributed by atoms with van der Waals surface area (Å²) in [6.45, 7) is 9.27. The van der Waals surface area contributed by atoms with Crippen molar-refractivity contribution in [2.24, 2.45) is 5.92 Å². The van der Waals surface area contributed by atoms with Crippen molar-refractivity contribution in [2.45, 2.75) is 83.8 Å². The second kappa shape index (κ2) is 14.1. The van der Waals surface area contributed by atoms with Gasteiger partial charge in [0.2, 0.25) is 0 Å². The highest BCUT2D eigenvalue weighted by Gasteiger charge is 2.30. The molecule has 1 saturated heterocycles. The average molecular weight is 552 g/mol. The van der Waals surface area contributed by atoms with E-state index in [2.05, 4.69) is 37.0 Å². The molecule has 40 heavy (non-hydrogen) atoms. The minimum absolute atomic E-state index is 0.00743. The normalized spacial score (nSPS) is 23.2. The Kier molecular flexibility index (Phi) is 10.6. The van der Waals surface area contributed by atoms with Crippen LogP contribution in [0.5, 0.6) is 5.75 Å². The molecular formula is C32H45N3O5. The molecule has 0 radical (unpaired) electrons. The maximum Gasteiger partial charge on any atom is 0.272 e. The predicted molar refractivity (Wildman–Crippen MR) is 157 cm³/mol. The first-order valence-corrected chi connectivity index (χ1v) is 14.8. The second-order valence-electron chi connectivity index (χ2n) is 11.6. The third-order valence-corrected chi connectivity index (χ3v) is 8.45. The minimum atomic E-state index is -0.399. The number of ether oxygens (including phenoxy) is 2. The van der Waals surface area contributed by atoms with Gasteiger partial charge in [0.25, 0.3) is 5.91 Å². The molecular weight excluding hydrogens is 506 g/mol. The summed E-state index contributed by atoms with van der Waals surface area (Å²) < 4.78 is 11.7.